The number of hydrogen-bond acceptors (Lipinski definition) is 3. The summed E-state index contributed by atoms with van der Waals surface area (Å²) in [4.78, 5) is 16.1. The van der Waals surface area contributed by atoms with Gasteiger partial charge in [-0.2, -0.15) is 0 Å². The summed E-state index contributed by atoms with van der Waals surface area (Å²) in [6.07, 6.45) is 3.08. The van der Waals surface area contributed by atoms with Gasteiger partial charge in [0.25, 0.3) is 0 Å². The smallest absolute Gasteiger partial charge is 0.166 e. The van der Waals surface area contributed by atoms with Crippen molar-refractivity contribution >= 4 is 29.0 Å². The highest BCUT2D eigenvalue weighted by atomic mass is 35.5. The summed E-state index contributed by atoms with van der Waals surface area (Å²) in [5.74, 6) is -0.905. The van der Waals surface area contributed by atoms with Crippen molar-refractivity contribution in [1.29, 1.82) is 0 Å². The normalized spacial score (nSPS) is 15.3. The van der Waals surface area contributed by atoms with E-state index in [4.69, 9.17) is 23.2 Å². The van der Waals surface area contributed by atoms with Crippen LogP contribution in [0.4, 0.5) is 0 Å². The van der Waals surface area contributed by atoms with Gasteiger partial charge in [0, 0.05) is 33.9 Å². The Morgan fingerprint density at radius 3 is 2.57 bits per heavy atom. The first-order valence-corrected chi connectivity index (χ1v) is 7.21. The van der Waals surface area contributed by atoms with E-state index in [1.165, 1.54) is 13.1 Å². The zero-order valence-corrected chi connectivity index (χ0v) is 13.2. The predicted octanol–water partition coefficient (Wildman–Crippen LogP) is 3.97. The van der Waals surface area contributed by atoms with E-state index in [1.807, 2.05) is 0 Å². The number of rotatable bonds is 4. The number of hydrogen-bond donors (Lipinski definition) is 1. The fourth-order valence-corrected chi connectivity index (χ4v) is 3.00. The molecule has 0 bridgehead atoms. The monoisotopic (exact) mass is 323 g/mol. The second-order valence-corrected chi connectivity index (χ2v) is 5.80. The fourth-order valence-electron chi connectivity index (χ4n) is 2.42. The average molecular weight is 324 g/mol. The molecule has 0 radical (unpaired) electrons. The maximum atomic E-state index is 12.1. The van der Waals surface area contributed by atoms with Gasteiger partial charge < -0.3 is 5.11 Å². The standard InChI is InChI=1S/C16H15Cl2NO2/c1-10(14-6-5-13(17)8-15(14)18)16(21,11(2)20)12-4-3-7-19-9-12/h3-10,21H,1-2H3. The van der Waals surface area contributed by atoms with Crippen LogP contribution in [0.15, 0.2) is 42.7 Å². The molecule has 0 aliphatic rings. The SMILES string of the molecule is CC(=O)C(O)(c1cccnc1)C(C)c1ccc(Cl)cc1Cl. The fraction of sp³-hybridized carbons (Fsp3) is 0.250. The second kappa shape index (κ2) is 6.14. The minimum Gasteiger partial charge on any atom is -0.377 e. The lowest BCUT2D eigenvalue weighted by Gasteiger charge is -2.32. The number of aromatic nitrogens is 1. The topological polar surface area (TPSA) is 50.2 Å². The lowest BCUT2D eigenvalue weighted by Crippen LogP contribution is -2.39. The Balaban J connectivity index is 2.55. The van der Waals surface area contributed by atoms with Gasteiger partial charge in [0.15, 0.2) is 11.4 Å². The number of aliphatic hydroxyl groups is 1. The molecule has 1 aromatic heterocycles. The predicted molar refractivity (Wildman–Crippen MR) is 83.7 cm³/mol. The summed E-state index contributed by atoms with van der Waals surface area (Å²) < 4.78 is 0. The minimum absolute atomic E-state index is 0.367. The molecule has 0 aliphatic heterocycles. The molecule has 1 aromatic carbocycles. The summed E-state index contributed by atoms with van der Waals surface area (Å²) in [5.41, 5.74) is -0.593. The Morgan fingerprint density at radius 2 is 2.05 bits per heavy atom. The van der Waals surface area contributed by atoms with Crippen LogP contribution >= 0.6 is 23.2 Å². The van der Waals surface area contributed by atoms with E-state index in [-0.39, 0.29) is 5.78 Å². The van der Waals surface area contributed by atoms with Gasteiger partial charge in [0.05, 0.1) is 0 Å². The molecule has 0 amide bonds. The van der Waals surface area contributed by atoms with Crippen molar-refractivity contribution in [3.8, 4) is 0 Å². The van der Waals surface area contributed by atoms with E-state index in [0.717, 1.165) is 0 Å². The van der Waals surface area contributed by atoms with Crippen molar-refractivity contribution in [1.82, 2.24) is 4.98 Å². The molecular weight excluding hydrogens is 309 g/mol. The van der Waals surface area contributed by atoms with E-state index in [9.17, 15) is 9.90 Å². The number of nitrogens with zero attached hydrogens (tertiary/aromatic N) is 1. The van der Waals surface area contributed by atoms with E-state index in [0.29, 0.717) is 21.2 Å². The molecule has 5 heteroatoms. The highest BCUT2D eigenvalue weighted by molar-refractivity contribution is 6.35. The zero-order chi connectivity index (χ0) is 15.6. The Morgan fingerprint density at radius 1 is 1.33 bits per heavy atom. The molecule has 0 saturated carbocycles. The van der Waals surface area contributed by atoms with Gasteiger partial charge in [-0.05, 0) is 30.7 Å². The van der Waals surface area contributed by atoms with E-state index < -0.39 is 11.5 Å². The molecule has 2 unspecified atom stereocenters. The quantitative estimate of drug-likeness (QED) is 0.926. The highest BCUT2D eigenvalue weighted by Crippen LogP contribution is 2.40. The van der Waals surface area contributed by atoms with Gasteiger partial charge in [0.2, 0.25) is 0 Å². The molecule has 1 heterocycles. The Hall–Kier alpha value is -1.42. The summed E-state index contributed by atoms with van der Waals surface area (Å²) >= 11 is 12.1. The third-order valence-corrected chi connectivity index (χ3v) is 4.26. The number of Topliss-reactive ketones (excluding diaryl/α,β-unsaturated/α-hetero) is 1. The average Bonchev–Trinajstić information content (AvgIpc) is 2.46. The van der Waals surface area contributed by atoms with E-state index >= 15 is 0 Å². The van der Waals surface area contributed by atoms with Gasteiger partial charge in [-0.3, -0.25) is 9.78 Å². The molecular formula is C16H15Cl2NO2. The van der Waals surface area contributed by atoms with Gasteiger partial charge >= 0.3 is 0 Å². The zero-order valence-electron chi connectivity index (χ0n) is 11.7. The largest absolute Gasteiger partial charge is 0.377 e. The van der Waals surface area contributed by atoms with Gasteiger partial charge in [-0.1, -0.05) is 42.3 Å². The summed E-state index contributed by atoms with van der Waals surface area (Å²) in [5, 5.41) is 11.9. The van der Waals surface area contributed by atoms with Gasteiger partial charge in [-0.15, -0.1) is 0 Å². The third-order valence-electron chi connectivity index (χ3n) is 3.69. The van der Waals surface area contributed by atoms with Crippen LogP contribution in [-0.2, 0) is 10.4 Å². The van der Waals surface area contributed by atoms with Crippen LogP contribution < -0.4 is 0 Å². The van der Waals surface area contributed by atoms with Crippen LogP contribution in [0.5, 0.6) is 0 Å². The van der Waals surface area contributed by atoms with Crippen LogP contribution in [0.2, 0.25) is 10.0 Å². The lowest BCUT2D eigenvalue weighted by atomic mass is 9.76. The first-order chi connectivity index (χ1) is 9.87. The van der Waals surface area contributed by atoms with Crippen molar-refractivity contribution in [3.63, 3.8) is 0 Å². The number of carbonyl (C=O) groups is 1. The number of pyridine rings is 1. The van der Waals surface area contributed by atoms with Crippen LogP contribution in [0.1, 0.15) is 30.9 Å². The molecule has 0 saturated heterocycles. The third kappa shape index (κ3) is 2.95. The molecule has 0 spiro atoms. The van der Waals surface area contributed by atoms with Crippen LogP contribution in [0.3, 0.4) is 0 Å². The molecule has 2 atom stereocenters. The van der Waals surface area contributed by atoms with Gasteiger partial charge in [-0.25, -0.2) is 0 Å². The Bertz CT molecular complexity index is 661. The molecule has 0 fully saturated rings. The molecule has 2 rings (SSSR count). The maximum Gasteiger partial charge on any atom is 0.166 e. The molecule has 2 aromatic rings. The summed E-state index contributed by atoms with van der Waals surface area (Å²) in [6.45, 7) is 3.11. The molecule has 110 valence electrons. The van der Waals surface area contributed by atoms with Gasteiger partial charge in [0.1, 0.15) is 0 Å². The first-order valence-electron chi connectivity index (χ1n) is 6.46. The molecule has 3 nitrogen and oxygen atoms in total. The minimum atomic E-state index is -1.69. The van der Waals surface area contributed by atoms with Crippen molar-refractivity contribution in [2.45, 2.75) is 25.4 Å². The summed E-state index contributed by atoms with van der Waals surface area (Å²) in [7, 11) is 0. The van der Waals surface area contributed by atoms with Crippen LogP contribution in [0.25, 0.3) is 0 Å². The molecule has 0 aliphatic carbocycles. The molecule has 21 heavy (non-hydrogen) atoms. The Labute approximate surface area is 133 Å². The van der Waals surface area contributed by atoms with Crippen LogP contribution in [0, 0.1) is 0 Å². The first kappa shape index (κ1) is 16.0. The van der Waals surface area contributed by atoms with Crippen molar-refractivity contribution in [2.24, 2.45) is 0 Å². The maximum absolute atomic E-state index is 12.1. The molecule has 1 N–H and O–H groups in total. The van der Waals surface area contributed by atoms with Crippen molar-refractivity contribution in [2.75, 3.05) is 0 Å². The highest BCUT2D eigenvalue weighted by Gasteiger charge is 2.42. The summed E-state index contributed by atoms with van der Waals surface area (Å²) in [6, 6.07) is 8.36. The Kier molecular flexibility index (Phi) is 4.67. The van der Waals surface area contributed by atoms with Crippen molar-refractivity contribution < 1.29 is 9.90 Å². The lowest BCUT2D eigenvalue weighted by molar-refractivity contribution is -0.138. The van der Waals surface area contributed by atoms with Crippen molar-refractivity contribution in [3.05, 3.63) is 63.9 Å². The second-order valence-electron chi connectivity index (χ2n) is 4.95. The van der Waals surface area contributed by atoms with E-state index in [2.05, 4.69) is 4.98 Å². The number of halogens is 2. The van der Waals surface area contributed by atoms with Crippen LogP contribution in [-0.4, -0.2) is 15.9 Å². The van der Waals surface area contributed by atoms with E-state index in [1.54, 1.807) is 43.5 Å². The number of ketones is 1. The number of benzene rings is 1. The number of carbonyl (C=O) groups excluding carboxylic acids is 1.